The zero-order valence-corrected chi connectivity index (χ0v) is 14.3. The molecule has 2 N–H and O–H groups in total. The predicted octanol–water partition coefficient (Wildman–Crippen LogP) is 3.27. The van der Waals surface area contributed by atoms with Gasteiger partial charge in [-0.25, -0.2) is 8.42 Å². The average Bonchev–Trinajstić information content (AvgIpc) is 2.78. The number of sulfonamides is 1. The van der Waals surface area contributed by atoms with Gasteiger partial charge >= 0.3 is 5.97 Å². The van der Waals surface area contributed by atoms with Crippen LogP contribution < -0.4 is 4.72 Å². The van der Waals surface area contributed by atoms with Gasteiger partial charge in [-0.2, -0.15) is 4.72 Å². The number of benzene rings is 1. The molecule has 1 aromatic carbocycles. The Morgan fingerprint density at radius 1 is 1.33 bits per heavy atom. The van der Waals surface area contributed by atoms with Crippen LogP contribution in [-0.4, -0.2) is 19.5 Å². The summed E-state index contributed by atoms with van der Waals surface area (Å²) >= 11 is 9.84. The first-order valence-corrected chi connectivity index (χ1v) is 9.03. The molecule has 9 heteroatoms. The van der Waals surface area contributed by atoms with Crippen molar-refractivity contribution in [2.75, 3.05) is 0 Å². The van der Waals surface area contributed by atoms with Crippen molar-refractivity contribution in [3.8, 4) is 0 Å². The summed E-state index contributed by atoms with van der Waals surface area (Å²) in [4.78, 5) is 11.3. The fourth-order valence-corrected chi connectivity index (χ4v) is 5.17. The van der Waals surface area contributed by atoms with Crippen molar-refractivity contribution in [2.45, 2.75) is 10.3 Å². The molecular weight excluding hydrogens is 402 g/mol. The van der Waals surface area contributed by atoms with E-state index in [1.807, 2.05) is 0 Å². The molecule has 1 heterocycles. The second-order valence-electron chi connectivity index (χ2n) is 3.99. The molecule has 2 rings (SSSR count). The van der Waals surface area contributed by atoms with E-state index in [9.17, 15) is 18.3 Å². The van der Waals surface area contributed by atoms with Gasteiger partial charge < -0.3 is 5.11 Å². The van der Waals surface area contributed by atoms with Crippen LogP contribution in [-0.2, 0) is 14.8 Å². The molecule has 0 aliphatic carbocycles. The van der Waals surface area contributed by atoms with E-state index in [0.29, 0.717) is 9.35 Å². The minimum Gasteiger partial charge on any atom is -0.480 e. The second kappa shape index (κ2) is 6.45. The molecule has 0 aliphatic rings. The first-order valence-electron chi connectivity index (χ1n) is 5.56. The Morgan fingerprint density at radius 3 is 2.43 bits per heavy atom. The van der Waals surface area contributed by atoms with Crippen LogP contribution in [0.4, 0.5) is 0 Å². The third kappa shape index (κ3) is 3.83. The molecule has 0 spiro atoms. The molecule has 0 saturated heterocycles. The summed E-state index contributed by atoms with van der Waals surface area (Å²) in [5, 5.41) is 9.49. The van der Waals surface area contributed by atoms with E-state index < -0.39 is 22.0 Å². The highest BCUT2D eigenvalue weighted by molar-refractivity contribution is 9.11. The van der Waals surface area contributed by atoms with Gasteiger partial charge in [0.05, 0.1) is 8.81 Å². The van der Waals surface area contributed by atoms with Gasteiger partial charge in [-0.15, -0.1) is 11.3 Å². The molecule has 112 valence electrons. The summed E-state index contributed by atoms with van der Waals surface area (Å²) < 4.78 is 27.1. The minimum absolute atomic E-state index is 0.0541. The topological polar surface area (TPSA) is 83.5 Å². The minimum atomic E-state index is -3.98. The highest BCUT2D eigenvalue weighted by atomic mass is 79.9. The van der Waals surface area contributed by atoms with E-state index in [2.05, 4.69) is 20.7 Å². The Labute approximate surface area is 138 Å². The number of carboxylic acids is 1. The summed E-state index contributed by atoms with van der Waals surface area (Å²) in [7, 11) is -3.98. The summed E-state index contributed by atoms with van der Waals surface area (Å²) in [6.45, 7) is 0. The van der Waals surface area contributed by atoms with Gasteiger partial charge in [0.1, 0.15) is 10.3 Å². The number of halogens is 2. The molecular formula is C12H9BrClNO4S2. The molecule has 1 unspecified atom stereocenters. The fraction of sp³-hybridized carbons (Fsp3) is 0.0833. The number of hydrogen-bond acceptors (Lipinski definition) is 4. The number of hydrogen-bond donors (Lipinski definition) is 2. The van der Waals surface area contributed by atoms with Crippen molar-refractivity contribution >= 4 is 54.9 Å². The molecule has 1 aromatic heterocycles. The van der Waals surface area contributed by atoms with Crippen molar-refractivity contribution in [1.29, 1.82) is 0 Å². The Kier molecular flexibility index (Phi) is 5.05. The SMILES string of the molecule is O=C(O)C(NS(=O)(=O)c1cc(Cl)c(Br)s1)c1ccccc1. The number of aliphatic carboxylic acids is 1. The third-order valence-corrected chi connectivity index (χ3v) is 6.91. The Hall–Kier alpha value is -0.930. The quantitative estimate of drug-likeness (QED) is 0.792. The zero-order valence-electron chi connectivity index (χ0n) is 10.3. The number of carboxylic acid groups (broad SMARTS) is 1. The van der Waals surface area contributed by atoms with E-state index in [-0.39, 0.29) is 9.23 Å². The Bertz CT molecular complexity index is 741. The maximum Gasteiger partial charge on any atom is 0.326 e. The lowest BCUT2D eigenvalue weighted by molar-refractivity contribution is -0.139. The molecule has 0 aliphatic heterocycles. The van der Waals surface area contributed by atoms with Crippen LogP contribution >= 0.6 is 38.9 Å². The summed E-state index contributed by atoms with van der Waals surface area (Å²) in [6, 6.07) is 7.97. The highest BCUT2D eigenvalue weighted by Gasteiger charge is 2.28. The van der Waals surface area contributed by atoms with Gasteiger partial charge in [-0.3, -0.25) is 4.79 Å². The monoisotopic (exact) mass is 409 g/mol. The summed E-state index contributed by atoms with van der Waals surface area (Å²) in [6.07, 6.45) is 0. The molecule has 21 heavy (non-hydrogen) atoms. The number of thiophene rings is 1. The number of carbonyl (C=O) groups is 1. The first kappa shape index (κ1) is 16.4. The normalized spacial score (nSPS) is 13.0. The van der Waals surface area contributed by atoms with Crippen molar-refractivity contribution in [3.63, 3.8) is 0 Å². The van der Waals surface area contributed by atoms with Gasteiger partial charge in [0, 0.05) is 0 Å². The lowest BCUT2D eigenvalue weighted by Crippen LogP contribution is -2.33. The van der Waals surface area contributed by atoms with Crippen LogP contribution in [0.2, 0.25) is 5.02 Å². The number of nitrogens with one attached hydrogen (secondary N) is 1. The third-order valence-electron chi connectivity index (χ3n) is 2.54. The van der Waals surface area contributed by atoms with Crippen LogP contribution in [0.15, 0.2) is 44.4 Å². The molecule has 0 fully saturated rings. The Balaban J connectivity index is 2.35. The fourth-order valence-electron chi connectivity index (χ4n) is 1.58. The van der Waals surface area contributed by atoms with Crippen LogP contribution in [0, 0.1) is 0 Å². The van der Waals surface area contributed by atoms with Crippen LogP contribution in [0.3, 0.4) is 0 Å². The van der Waals surface area contributed by atoms with Gasteiger partial charge in [0.25, 0.3) is 10.0 Å². The lowest BCUT2D eigenvalue weighted by atomic mass is 10.1. The molecule has 2 aromatic rings. The summed E-state index contributed by atoms with van der Waals surface area (Å²) in [5.74, 6) is -1.29. The van der Waals surface area contributed by atoms with Crippen LogP contribution in [0.1, 0.15) is 11.6 Å². The summed E-state index contributed by atoms with van der Waals surface area (Å²) in [5.41, 5.74) is 0.343. The van der Waals surface area contributed by atoms with Gasteiger partial charge in [0.2, 0.25) is 0 Å². The van der Waals surface area contributed by atoms with Gasteiger partial charge in [0.15, 0.2) is 0 Å². The molecule has 1 atom stereocenters. The van der Waals surface area contributed by atoms with Crippen LogP contribution in [0.25, 0.3) is 0 Å². The molecule has 5 nitrogen and oxygen atoms in total. The lowest BCUT2D eigenvalue weighted by Gasteiger charge is -2.14. The second-order valence-corrected chi connectivity index (χ2v) is 8.71. The highest BCUT2D eigenvalue weighted by Crippen LogP contribution is 2.35. The van der Waals surface area contributed by atoms with E-state index in [4.69, 9.17) is 11.6 Å². The molecule has 0 radical (unpaired) electrons. The van der Waals surface area contributed by atoms with Crippen molar-refractivity contribution < 1.29 is 18.3 Å². The van der Waals surface area contributed by atoms with Gasteiger partial charge in [-0.05, 0) is 27.6 Å². The van der Waals surface area contributed by atoms with Crippen molar-refractivity contribution in [2.24, 2.45) is 0 Å². The molecule has 0 bridgehead atoms. The predicted molar refractivity (Wildman–Crippen MR) is 84.2 cm³/mol. The smallest absolute Gasteiger partial charge is 0.326 e. The maximum atomic E-state index is 12.2. The molecule has 0 amide bonds. The van der Waals surface area contributed by atoms with Crippen LogP contribution in [0.5, 0.6) is 0 Å². The average molecular weight is 411 g/mol. The van der Waals surface area contributed by atoms with Crippen molar-refractivity contribution in [1.82, 2.24) is 4.72 Å². The zero-order chi connectivity index (χ0) is 15.6. The Morgan fingerprint density at radius 2 is 1.95 bits per heavy atom. The largest absolute Gasteiger partial charge is 0.480 e. The maximum absolute atomic E-state index is 12.2. The van der Waals surface area contributed by atoms with E-state index in [0.717, 1.165) is 11.3 Å². The van der Waals surface area contributed by atoms with E-state index >= 15 is 0 Å². The van der Waals surface area contributed by atoms with Gasteiger partial charge in [-0.1, -0.05) is 41.9 Å². The standard InChI is InChI=1S/C12H9BrClNO4S2/c13-11-8(14)6-9(20-11)21(18,19)15-10(12(16)17)7-4-2-1-3-5-7/h1-6,10,15H,(H,16,17). The molecule has 0 saturated carbocycles. The first-order chi connectivity index (χ1) is 9.81. The van der Waals surface area contributed by atoms with Crippen molar-refractivity contribution in [3.05, 3.63) is 50.8 Å². The van der Waals surface area contributed by atoms with E-state index in [1.165, 1.54) is 6.07 Å². The van der Waals surface area contributed by atoms with E-state index in [1.54, 1.807) is 30.3 Å². The number of rotatable bonds is 5.